The molecule has 4 nitrogen and oxygen atoms in total. The predicted molar refractivity (Wildman–Crippen MR) is 108 cm³/mol. The highest BCUT2D eigenvalue weighted by atomic mass is 32.2. The summed E-state index contributed by atoms with van der Waals surface area (Å²) >= 11 is 2.98. The van der Waals surface area contributed by atoms with Crippen molar-refractivity contribution in [3.63, 3.8) is 0 Å². The van der Waals surface area contributed by atoms with Gasteiger partial charge in [0.05, 0.1) is 22.9 Å². The van der Waals surface area contributed by atoms with Crippen LogP contribution in [0.25, 0.3) is 15.9 Å². The summed E-state index contributed by atoms with van der Waals surface area (Å²) in [4.78, 5) is 20.5. The summed E-state index contributed by atoms with van der Waals surface area (Å²) in [6.45, 7) is 4.06. The minimum Gasteiger partial charge on any atom is -0.268 e. The lowest BCUT2D eigenvalue weighted by Crippen LogP contribution is -2.23. The van der Waals surface area contributed by atoms with Crippen molar-refractivity contribution in [2.24, 2.45) is 0 Å². The zero-order chi connectivity index (χ0) is 18.3. The number of thioether (sulfide) groups is 1. The Labute approximate surface area is 160 Å². The molecule has 0 saturated carbocycles. The van der Waals surface area contributed by atoms with Crippen LogP contribution >= 0.6 is 23.1 Å². The van der Waals surface area contributed by atoms with Gasteiger partial charge in [0.2, 0.25) is 0 Å². The first-order valence-corrected chi connectivity index (χ1v) is 10.5. The number of nitrogens with zero attached hydrogens (tertiary/aromatic N) is 3. The molecule has 6 heteroatoms. The van der Waals surface area contributed by atoms with Crippen molar-refractivity contribution in [1.29, 1.82) is 5.26 Å². The van der Waals surface area contributed by atoms with Crippen LogP contribution in [-0.4, -0.2) is 15.3 Å². The average Bonchev–Trinajstić information content (AvgIpc) is 2.99. The van der Waals surface area contributed by atoms with Crippen molar-refractivity contribution >= 4 is 33.3 Å². The fourth-order valence-corrected chi connectivity index (χ4v) is 5.62. The molecule has 0 amide bonds. The molecule has 0 bridgehead atoms. The summed E-state index contributed by atoms with van der Waals surface area (Å²) in [5.41, 5.74) is 4.25. The van der Waals surface area contributed by atoms with E-state index in [0.717, 1.165) is 46.3 Å². The molecule has 0 fully saturated rings. The number of aryl methyl sites for hydroxylation is 4. The number of benzene rings is 1. The summed E-state index contributed by atoms with van der Waals surface area (Å²) in [7, 11) is 0. The minimum atomic E-state index is 0.00166. The van der Waals surface area contributed by atoms with Crippen molar-refractivity contribution in [2.45, 2.75) is 44.7 Å². The smallest absolute Gasteiger partial charge is 0.267 e. The van der Waals surface area contributed by atoms with E-state index in [9.17, 15) is 4.79 Å². The highest BCUT2D eigenvalue weighted by molar-refractivity contribution is 7.99. The van der Waals surface area contributed by atoms with Crippen LogP contribution in [0.5, 0.6) is 0 Å². The molecule has 0 N–H and O–H groups in total. The van der Waals surface area contributed by atoms with Crippen molar-refractivity contribution in [2.75, 3.05) is 5.75 Å². The number of hydrogen-bond donors (Lipinski definition) is 0. The fourth-order valence-electron chi connectivity index (χ4n) is 3.65. The Morgan fingerprint density at radius 3 is 2.88 bits per heavy atom. The maximum absolute atomic E-state index is 13.5. The van der Waals surface area contributed by atoms with Crippen LogP contribution in [0.2, 0.25) is 0 Å². The van der Waals surface area contributed by atoms with E-state index < -0.39 is 0 Å². The van der Waals surface area contributed by atoms with Gasteiger partial charge in [-0.25, -0.2) is 4.98 Å². The normalized spacial score (nSPS) is 13.6. The number of fused-ring (bicyclic) bond motifs is 3. The third-order valence-electron chi connectivity index (χ3n) is 4.82. The molecule has 0 saturated heterocycles. The first-order valence-electron chi connectivity index (χ1n) is 8.75. The molecular weight excluding hydrogens is 362 g/mol. The Kier molecular flexibility index (Phi) is 4.60. The third-order valence-corrected chi connectivity index (χ3v) is 6.81. The number of hydrogen-bond acceptors (Lipinski definition) is 5. The second-order valence-corrected chi connectivity index (χ2v) is 8.69. The molecule has 4 rings (SSSR count). The summed E-state index contributed by atoms with van der Waals surface area (Å²) in [5, 5.41) is 10.4. The van der Waals surface area contributed by atoms with Crippen LogP contribution in [0.15, 0.2) is 28.2 Å². The molecule has 2 aromatic heterocycles. The van der Waals surface area contributed by atoms with E-state index in [1.165, 1.54) is 28.6 Å². The van der Waals surface area contributed by atoms with Gasteiger partial charge in [-0.05, 0) is 56.7 Å². The Morgan fingerprint density at radius 2 is 2.12 bits per heavy atom. The molecule has 26 heavy (non-hydrogen) atoms. The minimum absolute atomic E-state index is 0.00166. The topological polar surface area (TPSA) is 58.7 Å². The molecule has 0 radical (unpaired) electrons. The van der Waals surface area contributed by atoms with Gasteiger partial charge >= 0.3 is 0 Å². The van der Waals surface area contributed by atoms with Gasteiger partial charge in [-0.15, -0.1) is 11.3 Å². The quantitative estimate of drug-likeness (QED) is 0.493. The van der Waals surface area contributed by atoms with Gasteiger partial charge in [0.1, 0.15) is 4.83 Å². The Hall–Kier alpha value is -2.10. The summed E-state index contributed by atoms with van der Waals surface area (Å²) < 4.78 is 1.71. The molecule has 0 atom stereocenters. The Balaban J connectivity index is 2.04. The number of nitriles is 1. The average molecular weight is 382 g/mol. The molecule has 0 unspecified atom stereocenters. The second kappa shape index (κ2) is 6.90. The predicted octanol–water partition coefficient (Wildman–Crippen LogP) is 4.56. The van der Waals surface area contributed by atoms with Gasteiger partial charge in [0.25, 0.3) is 5.56 Å². The molecule has 2 heterocycles. The Bertz CT molecular complexity index is 1100. The maximum Gasteiger partial charge on any atom is 0.267 e. The van der Waals surface area contributed by atoms with E-state index in [2.05, 4.69) is 12.1 Å². The molecule has 3 aromatic rings. The summed E-state index contributed by atoms with van der Waals surface area (Å²) in [6.07, 6.45) is 4.32. The third kappa shape index (κ3) is 2.85. The van der Waals surface area contributed by atoms with Gasteiger partial charge in [-0.3, -0.25) is 9.36 Å². The van der Waals surface area contributed by atoms with Crippen molar-refractivity contribution in [3.8, 4) is 11.8 Å². The van der Waals surface area contributed by atoms with E-state index in [1.54, 1.807) is 15.9 Å². The molecule has 0 spiro atoms. The van der Waals surface area contributed by atoms with E-state index in [-0.39, 0.29) is 11.3 Å². The fraction of sp³-hybridized carbons (Fsp3) is 0.350. The van der Waals surface area contributed by atoms with Gasteiger partial charge in [-0.1, -0.05) is 29.5 Å². The lowest BCUT2D eigenvalue weighted by Gasteiger charge is -2.15. The van der Waals surface area contributed by atoms with Gasteiger partial charge in [-0.2, -0.15) is 5.26 Å². The van der Waals surface area contributed by atoms with Crippen molar-refractivity contribution in [1.82, 2.24) is 9.55 Å². The molecule has 0 aliphatic heterocycles. The number of aromatic nitrogens is 2. The highest BCUT2D eigenvalue weighted by Gasteiger charge is 2.23. The van der Waals surface area contributed by atoms with Gasteiger partial charge < -0.3 is 0 Å². The van der Waals surface area contributed by atoms with E-state index >= 15 is 0 Å². The van der Waals surface area contributed by atoms with Crippen molar-refractivity contribution in [3.05, 3.63) is 50.1 Å². The molecule has 1 aliphatic rings. The van der Waals surface area contributed by atoms with Crippen LogP contribution in [0.3, 0.4) is 0 Å². The first-order chi connectivity index (χ1) is 12.6. The van der Waals surface area contributed by atoms with Crippen LogP contribution in [0, 0.1) is 25.2 Å². The number of rotatable bonds is 3. The van der Waals surface area contributed by atoms with E-state index in [4.69, 9.17) is 10.2 Å². The molecular formula is C20H19N3OS2. The molecule has 1 aliphatic carbocycles. The van der Waals surface area contributed by atoms with Crippen LogP contribution in [0.4, 0.5) is 0 Å². The van der Waals surface area contributed by atoms with Crippen LogP contribution in [-0.2, 0) is 12.8 Å². The standard InChI is InChI=1S/C20H19N3OS2/c1-12-7-8-15(13(2)11-12)23-19(24)17-14-5-3-4-6-16(14)26-18(17)22-20(23)25-10-9-21/h7-8,11H,3-6,10H2,1-2H3. The maximum atomic E-state index is 13.5. The van der Waals surface area contributed by atoms with E-state index in [0.29, 0.717) is 5.16 Å². The molecule has 1 aromatic carbocycles. The second-order valence-electron chi connectivity index (χ2n) is 6.66. The monoisotopic (exact) mass is 381 g/mol. The number of thiophene rings is 1. The Morgan fingerprint density at radius 1 is 1.31 bits per heavy atom. The van der Waals surface area contributed by atoms with Gasteiger partial charge in [0, 0.05) is 4.88 Å². The largest absolute Gasteiger partial charge is 0.268 e. The SMILES string of the molecule is Cc1ccc(-n2c(SCC#N)nc3sc4c(c3c2=O)CCCC4)c(C)c1. The van der Waals surface area contributed by atoms with Gasteiger partial charge in [0.15, 0.2) is 5.16 Å². The van der Waals surface area contributed by atoms with Crippen LogP contribution < -0.4 is 5.56 Å². The first kappa shape index (κ1) is 17.3. The molecule has 132 valence electrons. The lowest BCUT2D eigenvalue weighted by molar-refractivity contribution is 0.699. The highest BCUT2D eigenvalue weighted by Crippen LogP contribution is 2.35. The zero-order valence-corrected chi connectivity index (χ0v) is 16.5. The zero-order valence-electron chi connectivity index (χ0n) is 14.8. The van der Waals surface area contributed by atoms with E-state index in [1.807, 2.05) is 26.0 Å². The van der Waals surface area contributed by atoms with Crippen LogP contribution in [0.1, 0.15) is 34.4 Å². The summed E-state index contributed by atoms with van der Waals surface area (Å²) in [6, 6.07) is 8.22. The lowest BCUT2D eigenvalue weighted by atomic mass is 9.97. The van der Waals surface area contributed by atoms with Crippen molar-refractivity contribution < 1.29 is 0 Å². The summed E-state index contributed by atoms with van der Waals surface area (Å²) in [5.74, 6) is 0.272.